The fourth-order valence-corrected chi connectivity index (χ4v) is 5.37. The zero-order valence-electron chi connectivity index (χ0n) is 27.2. The highest BCUT2D eigenvalue weighted by molar-refractivity contribution is 8.76. The summed E-state index contributed by atoms with van der Waals surface area (Å²) in [5.74, 6) is -8.84. The highest BCUT2D eigenvalue weighted by Crippen LogP contribution is 2.24. The molecular formula is C24H36N4O6S2. The molecule has 0 aromatic rings. The van der Waals surface area contributed by atoms with Crippen LogP contribution in [0.2, 0.25) is 0 Å². The molecule has 36 heavy (non-hydrogen) atoms. The first-order valence-electron chi connectivity index (χ1n) is 14.8. The zero-order chi connectivity index (χ0) is 32.8. The molecule has 4 amide bonds. The van der Waals surface area contributed by atoms with Gasteiger partial charge in [-0.3, -0.25) is 19.2 Å². The first kappa shape index (κ1) is 20.6. The van der Waals surface area contributed by atoms with Crippen molar-refractivity contribution in [2.45, 2.75) is 71.5 Å². The van der Waals surface area contributed by atoms with Gasteiger partial charge in [-0.1, -0.05) is 61.3 Å². The molecule has 4 atom stereocenters. The largest absolute Gasteiger partial charge is 0.456 e. The second-order valence-corrected chi connectivity index (χ2v) is 11.0. The predicted molar refractivity (Wildman–Crippen MR) is 141 cm³/mol. The lowest BCUT2D eigenvalue weighted by atomic mass is 10.0. The molecule has 2 heterocycles. The summed E-state index contributed by atoms with van der Waals surface area (Å²) in [5.41, 5.74) is -0.266. The molecule has 2 bridgehead atoms. The van der Waals surface area contributed by atoms with Crippen molar-refractivity contribution >= 4 is 51.2 Å². The molecule has 2 aliphatic rings. The van der Waals surface area contributed by atoms with Crippen molar-refractivity contribution in [1.82, 2.24) is 21.3 Å². The van der Waals surface area contributed by atoms with E-state index in [1.54, 1.807) is 19.9 Å². The van der Waals surface area contributed by atoms with Crippen molar-refractivity contribution in [3.05, 3.63) is 23.9 Å². The number of hydrogen-bond donors (Lipinski definition) is 4. The van der Waals surface area contributed by atoms with Gasteiger partial charge in [-0.05, 0) is 31.2 Å². The average molecular weight is 548 g/mol. The third-order valence-corrected chi connectivity index (χ3v) is 7.62. The van der Waals surface area contributed by atoms with Crippen LogP contribution >= 0.6 is 21.6 Å². The number of carbonyl (C=O) groups excluding carboxylic acids is 5. The molecule has 1 saturated heterocycles. The standard InChI is InChI=1S/C24H36N4O6S2/c1-6-16-21(30)28-20(14(4)5)24(33)34-15-9-7-8-10-35-36-12-17(22(31)25-16)26-23(32)19(13(2)3)27-18(29)11-15/h6-7,9,13-15,17,19-20H,8,10-12H2,1-5H3,(H,25,31)(H,26,32)(H,27,29)(H,28,30)/b9-7?,16-6-/t15-,17-,19-,20+/m1/s1/i2D3,3D3,13D. The summed E-state index contributed by atoms with van der Waals surface area (Å²) in [6, 6.07) is -5.17. The topological polar surface area (TPSA) is 143 Å². The van der Waals surface area contributed by atoms with Crippen LogP contribution in [-0.2, 0) is 28.7 Å². The summed E-state index contributed by atoms with van der Waals surface area (Å²) in [4.78, 5) is 66.5. The summed E-state index contributed by atoms with van der Waals surface area (Å²) in [6.07, 6.45) is 2.85. The smallest absolute Gasteiger partial charge is 0.329 e. The van der Waals surface area contributed by atoms with Crippen molar-refractivity contribution in [2.24, 2.45) is 11.8 Å². The Morgan fingerprint density at radius 1 is 1.08 bits per heavy atom. The third-order valence-electron chi connectivity index (χ3n) is 5.18. The van der Waals surface area contributed by atoms with Crippen LogP contribution in [0.1, 0.15) is 56.9 Å². The third kappa shape index (κ3) is 8.88. The minimum atomic E-state index is -3.62. The van der Waals surface area contributed by atoms with Crippen LogP contribution in [-0.4, -0.2) is 65.3 Å². The SMILES string of the molecule is [2H]C([2H])([2H])C([2H])([C@H]1NC(=O)C[C@H]2C=CCCSSC[C@@H](NC1=O)C(=O)N/C(=C\C)C(=O)N[C@@H](C(C)C)C(=O)O2)C([2H])([2H])[2H]. The summed E-state index contributed by atoms with van der Waals surface area (Å²) in [6.45, 7) is -2.51. The summed E-state index contributed by atoms with van der Waals surface area (Å²) < 4.78 is 61.3. The highest BCUT2D eigenvalue weighted by atomic mass is 33.1. The Morgan fingerprint density at radius 2 is 1.83 bits per heavy atom. The molecule has 4 N–H and O–H groups in total. The van der Waals surface area contributed by atoms with Gasteiger partial charge in [0.1, 0.15) is 29.9 Å². The van der Waals surface area contributed by atoms with Gasteiger partial charge in [0, 0.05) is 21.1 Å². The first-order valence-corrected chi connectivity index (χ1v) is 13.8. The number of amides is 4. The van der Waals surface area contributed by atoms with E-state index in [-0.39, 0.29) is 11.4 Å². The van der Waals surface area contributed by atoms with Gasteiger partial charge in [0.05, 0.1) is 6.42 Å². The molecule has 0 aromatic carbocycles. The molecule has 0 aromatic heterocycles. The lowest BCUT2D eigenvalue weighted by Crippen LogP contribution is -2.57. The van der Waals surface area contributed by atoms with Gasteiger partial charge in [-0.25, -0.2) is 4.79 Å². The predicted octanol–water partition coefficient (Wildman–Crippen LogP) is 1.43. The van der Waals surface area contributed by atoms with E-state index in [2.05, 4.69) is 21.3 Å². The van der Waals surface area contributed by atoms with Crippen molar-refractivity contribution in [3.8, 4) is 0 Å². The quantitative estimate of drug-likeness (QED) is 0.176. The molecule has 1 fully saturated rings. The molecule has 0 aliphatic carbocycles. The molecule has 12 heteroatoms. The summed E-state index contributed by atoms with van der Waals surface area (Å²) in [7, 11) is 2.48. The molecule has 2 rings (SSSR count). The fraction of sp³-hybridized carbons (Fsp3) is 0.625. The van der Waals surface area contributed by atoms with Crippen molar-refractivity contribution in [2.75, 3.05) is 11.5 Å². The Labute approximate surface area is 229 Å². The van der Waals surface area contributed by atoms with Gasteiger partial charge in [-0.2, -0.15) is 0 Å². The van der Waals surface area contributed by atoms with E-state index in [1.807, 2.05) is 0 Å². The van der Waals surface area contributed by atoms with E-state index in [4.69, 9.17) is 14.3 Å². The molecule has 200 valence electrons. The lowest BCUT2D eigenvalue weighted by molar-refractivity contribution is -0.153. The number of esters is 1. The maximum Gasteiger partial charge on any atom is 0.329 e. The zero-order valence-corrected chi connectivity index (χ0v) is 21.8. The second-order valence-electron chi connectivity index (χ2n) is 8.36. The molecule has 10 nitrogen and oxygen atoms in total. The number of carbonyl (C=O) groups is 5. The van der Waals surface area contributed by atoms with E-state index in [9.17, 15) is 24.0 Å². The van der Waals surface area contributed by atoms with E-state index in [0.717, 1.165) is 10.8 Å². The molecular weight excluding hydrogens is 504 g/mol. The van der Waals surface area contributed by atoms with Gasteiger partial charge in [-0.15, -0.1) is 0 Å². The lowest BCUT2D eigenvalue weighted by Gasteiger charge is -2.27. The molecule has 0 radical (unpaired) electrons. The normalized spacial score (nSPS) is 32.6. The van der Waals surface area contributed by atoms with Gasteiger partial charge < -0.3 is 26.0 Å². The number of ether oxygens (including phenoxy) is 1. The van der Waals surface area contributed by atoms with Crippen LogP contribution in [0.3, 0.4) is 0 Å². The number of hydrogen-bond acceptors (Lipinski definition) is 8. The van der Waals surface area contributed by atoms with E-state index in [1.165, 1.54) is 29.9 Å². The Balaban J connectivity index is 2.77. The fourth-order valence-electron chi connectivity index (χ4n) is 3.22. The van der Waals surface area contributed by atoms with E-state index < -0.39 is 85.8 Å². The summed E-state index contributed by atoms with van der Waals surface area (Å²) >= 11 is 0. The molecule has 0 unspecified atom stereocenters. The molecule has 0 saturated carbocycles. The van der Waals surface area contributed by atoms with E-state index in [0.29, 0.717) is 12.2 Å². The Morgan fingerprint density at radius 3 is 2.50 bits per heavy atom. The van der Waals surface area contributed by atoms with E-state index >= 15 is 0 Å². The average Bonchev–Trinajstić information content (AvgIpc) is 2.88. The maximum atomic E-state index is 13.6. The van der Waals surface area contributed by atoms with Crippen LogP contribution in [0.25, 0.3) is 0 Å². The van der Waals surface area contributed by atoms with Gasteiger partial charge in [0.25, 0.3) is 5.91 Å². The van der Waals surface area contributed by atoms with Crippen LogP contribution < -0.4 is 21.3 Å². The van der Waals surface area contributed by atoms with Crippen LogP contribution in [0.5, 0.6) is 0 Å². The highest BCUT2D eigenvalue weighted by Gasteiger charge is 2.33. The van der Waals surface area contributed by atoms with Crippen molar-refractivity contribution in [3.63, 3.8) is 0 Å². The number of allylic oxidation sites excluding steroid dienone is 2. The number of fused-ring (bicyclic) bond motifs is 7. The second kappa shape index (κ2) is 14.3. The van der Waals surface area contributed by atoms with Crippen LogP contribution in [0.15, 0.2) is 23.9 Å². The minimum Gasteiger partial charge on any atom is -0.456 e. The Kier molecular flexibility index (Phi) is 8.18. The molecule has 2 aliphatic heterocycles. The number of nitrogens with one attached hydrogen (secondary N) is 4. The Hall–Kier alpha value is -2.47. The number of rotatable bonds is 2. The van der Waals surface area contributed by atoms with Crippen LogP contribution in [0.4, 0.5) is 0 Å². The van der Waals surface area contributed by atoms with Gasteiger partial charge in [0.2, 0.25) is 17.7 Å². The molecule has 0 spiro atoms. The van der Waals surface area contributed by atoms with Crippen molar-refractivity contribution < 1.29 is 38.3 Å². The summed E-state index contributed by atoms with van der Waals surface area (Å²) in [5, 5.41) is 9.25. The van der Waals surface area contributed by atoms with Gasteiger partial charge >= 0.3 is 5.97 Å². The monoisotopic (exact) mass is 547 g/mol. The maximum absolute atomic E-state index is 13.6. The first-order chi connectivity index (χ1) is 19.8. The van der Waals surface area contributed by atoms with Crippen LogP contribution in [0, 0.1) is 11.8 Å². The Bertz CT molecular complexity index is 1130. The minimum absolute atomic E-state index is 0.114. The van der Waals surface area contributed by atoms with Gasteiger partial charge in [0.15, 0.2) is 0 Å². The van der Waals surface area contributed by atoms with Crippen molar-refractivity contribution in [1.29, 1.82) is 0 Å².